The van der Waals surface area contributed by atoms with E-state index in [9.17, 15) is 53.7 Å². The number of nitrogens with one attached hydrogen (secondary N) is 13. The van der Waals surface area contributed by atoms with E-state index in [1.54, 1.807) is 54.9 Å². The zero-order valence-corrected chi connectivity index (χ0v) is 82.1. The van der Waals surface area contributed by atoms with Gasteiger partial charge in [0.15, 0.2) is 0 Å². The Hall–Kier alpha value is -14.3. The molecule has 4 aromatic carbocycles. The second kappa shape index (κ2) is 54.1. The Bertz CT molecular complexity index is 5610. The predicted octanol–water partition coefficient (Wildman–Crippen LogP) is 0.914. The molecule has 43 nitrogen and oxygen atoms in total. The number of hydrogen-bond acceptors (Lipinski definition) is 23. The molecule has 44 heteroatoms. The maximum Gasteiger partial charge on any atom is 0.305 e. The minimum atomic E-state index is -1.91. The number of phenols is 1. The Morgan fingerprint density at radius 1 is 0.490 bits per heavy atom. The Kier molecular flexibility index (Phi) is 41.9. The number of para-hydroxylation sites is 2. The summed E-state index contributed by atoms with van der Waals surface area (Å²) in [7, 11) is 3.88. The first-order valence-electron chi connectivity index (χ1n) is 48.5. The lowest BCUT2D eigenvalue weighted by Crippen LogP contribution is -2.61. The number of primary amides is 1. The van der Waals surface area contributed by atoms with Gasteiger partial charge in [0.1, 0.15) is 90.3 Å². The smallest absolute Gasteiger partial charge is 0.305 e. The third-order valence-corrected chi connectivity index (χ3v) is 27.3. The Labute approximate surface area is 831 Å². The van der Waals surface area contributed by atoms with Crippen molar-refractivity contribution in [2.75, 3.05) is 65.4 Å². The van der Waals surface area contributed by atoms with E-state index >= 15 is 47.9 Å². The Morgan fingerprint density at radius 2 is 1.01 bits per heavy atom. The fraction of sp³-hybridized carbons (Fsp3) is 0.505. The highest BCUT2D eigenvalue weighted by Crippen LogP contribution is 2.35. The van der Waals surface area contributed by atoms with Crippen LogP contribution >= 0.6 is 11.8 Å². The molecule has 0 saturated carbocycles. The molecule has 3 aliphatic heterocycles. The monoisotopic (exact) mass is 2000 g/mol. The number of carboxylic acid groups (broad SMARTS) is 2. The van der Waals surface area contributed by atoms with Crippen LogP contribution in [0.1, 0.15) is 170 Å². The fourth-order valence-electron chi connectivity index (χ4n) is 18.1. The minimum Gasteiger partial charge on any atom is -0.508 e. The summed E-state index contributed by atoms with van der Waals surface area (Å²) in [6, 6.07) is 7.13. The van der Waals surface area contributed by atoms with Gasteiger partial charge in [-0.05, 0) is 144 Å². The molecule has 16 amide bonds. The molecule has 0 radical (unpaired) electrons. The number of hydrogen-bond donors (Lipinski definition) is 19. The van der Waals surface area contributed by atoms with Crippen LogP contribution in [0.3, 0.4) is 0 Å². The van der Waals surface area contributed by atoms with Crippen LogP contribution in [-0.4, -0.2) is 316 Å². The number of carboxylic acids is 2. The molecule has 22 N–H and O–H groups in total. The van der Waals surface area contributed by atoms with Gasteiger partial charge in [0.25, 0.3) is 0 Å². The largest absolute Gasteiger partial charge is 0.508 e. The summed E-state index contributed by atoms with van der Waals surface area (Å²) in [5, 5.41) is 59.0. The molecule has 0 bridgehead atoms. The van der Waals surface area contributed by atoms with Crippen molar-refractivity contribution in [1.82, 2.24) is 97.6 Å². The average molecular weight is 2000 g/mol. The van der Waals surface area contributed by atoms with E-state index in [-0.39, 0.29) is 128 Å². The van der Waals surface area contributed by atoms with E-state index in [1.165, 1.54) is 74.7 Å². The molecule has 1 unspecified atom stereocenters. The Morgan fingerprint density at radius 3 is 1.61 bits per heavy atom. The number of aromatic amines is 3. The number of imidazole rings is 1. The summed E-state index contributed by atoms with van der Waals surface area (Å²) in [5.41, 5.74) is 21.4. The van der Waals surface area contributed by atoms with E-state index in [2.05, 4.69) is 73.1 Å². The SMILES string of the molecule is CCCC[C@H]1C(=O)N(C)[C@@H](CCCC)C(=O)N[C@@H](CCC(=O)O)C(=O)N[C@H](C(=O)NCC(N)=O)CSCC(=O)N[C@@H](Cc2ccc(O)cc2)C(=O)N(C)[C@@H](C)C(=O)N[C@@H](CC(=O)O)C(=O)N2CCC[C@H]2C(=O)N[C@@H](Cc2c[nH]cn2)C(=O)N[C@@H](CCCCN)C(=O)N2CC(c3ccccc3)C[C@H]2C(=O)N[C@@H](Cc2c[nH]c3ccccc23)C(=O)N[C@@H](CCCCN)C(=O)N[C@@H](Cc2c[nH]c3ccccc23)C(=O)N1C. The fourth-order valence-corrected chi connectivity index (χ4v) is 19.0. The lowest BCUT2D eigenvalue weighted by molar-refractivity contribution is -0.149. The first kappa shape index (κ1) is 111. The minimum absolute atomic E-state index is 0.0135. The van der Waals surface area contributed by atoms with Crippen LogP contribution in [0, 0.1) is 0 Å². The summed E-state index contributed by atoms with van der Waals surface area (Å²) < 4.78 is 0. The molecule has 0 spiro atoms. The summed E-state index contributed by atoms with van der Waals surface area (Å²) in [6.45, 7) is 4.19. The summed E-state index contributed by atoms with van der Waals surface area (Å²) in [5.74, 6) is -19.7. The van der Waals surface area contributed by atoms with E-state index < -0.39 is 234 Å². The number of nitrogens with two attached hydrogens (primary N) is 3. The normalized spacial score (nSPS) is 24.0. The molecule has 0 aliphatic carbocycles. The van der Waals surface area contributed by atoms with Crippen LogP contribution in [0.25, 0.3) is 21.8 Å². The number of amides is 16. The van der Waals surface area contributed by atoms with Crippen molar-refractivity contribution in [2.24, 2.45) is 17.2 Å². The number of aliphatic carboxylic acids is 2. The van der Waals surface area contributed by atoms with E-state index in [0.717, 1.165) is 20.3 Å². The molecule has 7 aromatic rings. The van der Waals surface area contributed by atoms with Crippen molar-refractivity contribution in [2.45, 2.75) is 253 Å². The molecule has 3 saturated heterocycles. The zero-order valence-electron chi connectivity index (χ0n) is 81.3. The van der Waals surface area contributed by atoms with Crippen molar-refractivity contribution in [1.29, 1.82) is 0 Å². The highest BCUT2D eigenvalue weighted by Gasteiger charge is 2.47. The van der Waals surface area contributed by atoms with Crippen molar-refractivity contribution >= 4 is 140 Å². The molecule has 3 fully saturated rings. The molecule has 772 valence electrons. The van der Waals surface area contributed by atoms with Crippen LogP contribution in [0.2, 0.25) is 0 Å². The highest BCUT2D eigenvalue weighted by atomic mass is 32.2. The van der Waals surface area contributed by atoms with Gasteiger partial charge in [0.2, 0.25) is 94.5 Å². The van der Waals surface area contributed by atoms with E-state index in [0.29, 0.717) is 82.4 Å². The van der Waals surface area contributed by atoms with Crippen LogP contribution in [0.15, 0.2) is 128 Å². The number of unbranched alkanes of at least 4 members (excludes halogenated alkanes) is 4. The number of likely N-dealkylation sites (N-methyl/N-ethyl adjacent to an activating group) is 3. The second-order valence-electron chi connectivity index (χ2n) is 36.5. The number of benzene rings is 4. The van der Waals surface area contributed by atoms with Crippen LogP contribution in [0.4, 0.5) is 0 Å². The number of thioether (sulfide) groups is 1. The van der Waals surface area contributed by atoms with Gasteiger partial charge in [-0.3, -0.25) is 86.3 Å². The molecule has 10 rings (SSSR count). The summed E-state index contributed by atoms with van der Waals surface area (Å²) >= 11 is 0.709. The number of fused-ring (bicyclic) bond motifs is 4. The molecular weight excluding hydrogens is 1870 g/mol. The van der Waals surface area contributed by atoms with Crippen molar-refractivity contribution < 1.29 is 102 Å². The second-order valence-corrected chi connectivity index (χ2v) is 37.6. The number of carbonyl (C=O) groups is 18. The van der Waals surface area contributed by atoms with Gasteiger partial charge in [-0.15, -0.1) is 11.8 Å². The van der Waals surface area contributed by atoms with Gasteiger partial charge in [-0.25, -0.2) is 4.98 Å². The number of nitrogens with zero attached hydrogens (tertiary/aromatic N) is 6. The lowest BCUT2D eigenvalue weighted by atomic mass is 9.96. The van der Waals surface area contributed by atoms with Crippen molar-refractivity contribution in [3.8, 4) is 5.75 Å². The third-order valence-electron chi connectivity index (χ3n) is 26.2. The molecule has 3 aromatic heterocycles. The Balaban J connectivity index is 1.06. The van der Waals surface area contributed by atoms with E-state index in [1.807, 2.05) is 50.2 Å². The number of rotatable bonds is 31. The zero-order chi connectivity index (χ0) is 104. The standard InChI is InChI=1S/C99H134N22O21S/c1-7-9-31-78-92(135)110-70(38-39-84(125)126)89(132)116-77(87(130)106-52-82(102)123)54-143-55-83(124)108-74(43-58-34-36-64(122)37-35-58)95(138)117(4)57(3)86(129)114-76(48-85(127)128)98(141)120-42-22-33-79(120)93(136)113-73(47-63-51-103-56-107-63)91(134)111-71(30-19-21-41-101)97(140)121-53-62(59-23-12-11-13-24-59)46-81(121)94(137)112-72(44-60-49-104-67-27-16-14-25-65(60)67)90(133)109-69(29-18-20-40-100)88(131)115-75(45-61-50-105-68-28-17-15-26-66(61)68)96(139)119(6)80(32-10-8-2)99(142)118(78)5/h11-17,23-28,34-37,49-51,56-57,62,69-81,104-105,122H,7-10,18-22,29-33,38-48,52-55,100-101H2,1-6H3,(H2,102,123)(H,103,107)(H,106,130)(H,108,124)(H,109,133)(H,110,135)(H,111,134)(H,112,137)(H,113,136)(H,114,129)(H,115,131)(H,116,132)(H,125,126)(H,127,128)/t57-,62?,69-,70-,71-,72-,73-,74-,75-,76-,77-,78-,79-,80-,81-/m0/s1. The van der Waals surface area contributed by atoms with Gasteiger partial charge in [-0.2, -0.15) is 0 Å². The summed E-state index contributed by atoms with van der Waals surface area (Å²) in [6.07, 6.45) is 5.20. The molecule has 15 atom stereocenters. The quantitative estimate of drug-likeness (QED) is 0.0269. The number of H-pyrrole nitrogens is 3. The first-order chi connectivity index (χ1) is 68.5. The summed E-state index contributed by atoms with van der Waals surface area (Å²) in [4.78, 5) is 286. The van der Waals surface area contributed by atoms with Crippen molar-refractivity contribution in [3.05, 3.63) is 156 Å². The van der Waals surface area contributed by atoms with E-state index in [4.69, 9.17) is 17.2 Å². The van der Waals surface area contributed by atoms with Gasteiger partial charge >= 0.3 is 11.9 Å². The number of aromatic nitrogens is 4. The van der Waals surface area contributed by atoms with Gasteiger partial charge in [-0.1, -0.05) is 118 Å². The number of phenolic OH excluding ortho intramolecular Hbond substituents is 1. The molecule has 3 aliphatic rings. The van der Waals surface area contributed by atoms with Crippen LogP contribution < -0.4 is 70.4 Å². The molecule has 6 heterocycles. The average Bonchev–Trinajstić information content (AvgIpc) is 1.64. The van der Waals surface area contributed by atoms with Crippen molar-refractivity contribution in [3.63, 3.8) is 0 Å². The highest BCUT2D eigenvalue weighted by molar-refractivity contribution is 8.00. The first-order valence-corrected chi connectivity index (χ1v) is 49.7. The molecule has 143 heavy (non-hydrogen) atoms. The van der Waals surface area contributed by atoms with Gasteiger partial charge in [0.05, 0.1) is 30.7 Å². The van der Waals surface area contributed by atoms with Gasteiger partial charge in [0, 0.05) is 118 Å². The number of carbonyl (C=O) groups excluding carboxylic acids is 16. The topological polar surface area (TPSA) is 643 Å². The maximum atomic E-state index is 16.0. The maximum absolute atomic E-state index is 16.0. The molecular formula is C99H134N22O21S. The predicted molar refractivity (Wildman–Crippen MR) is 528 cm³/mol. The number of aromatic hydroxyl groups is 1. The lowest BCUT2D eigenvalue weighted by Gasteiger charge is -2.36. The van der Waals surface area contributed by atoms with Crippen LogP contribution in [-0.2, 0) is 112 Å². The van der Waals surface area contributed by atoms with Crippen LogP contribution in [0.5, 0.6) is 5.75 Å². The third kappa shape index (κ3) is 31.1. The van der Waals surface area contributed by atoms with Gasteiger partial charge < -0.3 is 125 Å².